The van der Waals surface area contributed by atoms with Crippen molar-refractivity contribution in [2.75, 3.05) is 6.61 Å². The highest BCUT2D eigenvalue weighted by Crippen LogP contribution is 2.27. The molecule has 1 aliphatic rings. The first-order valence-electron chi connectivity index (χ1n) is 6.21. The topological polar surface area (TPSA) is 49.7 Å². The molecule has 0 aliphatic heterocycles. The molecule has 0 aromatic rings. The van der Waals surface area contributed by atoms with Crippen molar-refractivity contribution < 1.29 is 14.9 Å². The predicted molar refractivity (Wildman–Crippen MR) is 59.4 cm³/mol. The largest absolute Gasteiger partial charge is 0.393 e. The quantitative estimate of drug-likeness (QED) is 0.528. The summed E-state index contributed by atoms with van der Waals surface area (Å²) >= 11 is 0. The highest BCUT2D eigenvalue weighted by molar-refractivity contribution is 4.73. The van der Waals surface area contributed by atoms with E-state index < -0.39 is 6.29 Å². The summed E-state index contributed by atoms with van der Waals surface area (Å²) in [7, 11) is 0. The van der Waals surface area contributed by atoms with E-state index >= 15 is 0 Å². The zero-order valence-electron chi connectivity index (χ0n) is 9.69. The van der Waals surface area contributed by atoms with Crippen LogP contribution in [-0.4, -0.2) is 29.2 Å². The lowest BCUT2D eigenvalue weighted by atomic mass is 9.87. The van der Waals surface area contributed by atoms with Crippen LogP contribution in [0.1, 0.15) is 51.9 Å². The van der Waals surface area contributed by atoms with Gasteiger partial charge in [-0.1, -0.05) is 19.8 Å². The Morgan fingerprint density at radius 1 is 1.20 bits per heavy atom. The maximum absolute atomic E-state index is 9.76. The fourth-order valence-electron chi connectivity index (χ4n) is 2.08. The Morgan fingerprint density at radius 3 is 2.47 bits per heavy atom. The number of unbranched alkanes of at least 4 members (excludes halogenated alkanes) is 2. The molecule has 0 bridgehead atoms. The molecule has 0 saturated heterocycles. The first-order chi connectivity index (χ1) is 7.24. The monoisotopic (exact) mass is 216 g/mol. The molecule has 0 heterocycles. The molecule has 1 unspecified atom stereocenters. The summed E-state index contributed by atoms with van der Waals surface area (Å²) in [5.74, 6) is 0.232. The molecular formula is C12H24O3. The van der Waals surface area contributed by atoms with Gasteiger partial charge < -0.3 is 14.9 Å². The lowest BCUT2D eigenvalue weighted by Gasteiger charge is -2.28. The molecule has 0 radical (unpaired) electrons. The van der Waals surface area contributed by atoms with E-state index in [-0.39, 0.29) is 12.0 Å². The van der Waals surface area contributed by atoms with Gasteiger partial charge >= 0.3 is 0 Å². The van der Waals surface area contributed by atoms with Gasteiger partial charge in [0.25, 0.3) is 0 Å². The van der Waals surface area contributed by atoms with Crippen molar-refractivity contribution in [3.8, 4) is 0 Å². The molecule has 1 aliphatic carbocycles. The SMILES string of the molecule is CCCCCOC(O)C1CCC(O)CC1. The molecule has 1 fully saturated rings. The van der Waals surface area contributed by atoms with E-state index in [0.29, 0.717) is 6.61 Å². The van der Waals surface area contributed by atoms with Gasteiger partial charge in [0.2, 0.25) is 0 Å². The normalized spacial score (nSPS) is 29.0. The smallest absolute Gasteiger partial charge is 0.157 e. The Bertz CT molecular complexity index is 153. The minimum atomic E-state index is -0.616. The summed E-state index contributed by atoms with van der Waals surface area (Å²) in [6.07, 6.45) is 5.98. The van der Waals surface area contributed by atoms with E-state index in [1.807, 2.05) is 0 Å². The maximum atomic E-state index is 9.76. The zero-order chi connectivity index (χ0) is 11.1. The molecule has 2 N–H and O–H groups in total. The lowest BCUT2D eigenvalue weighted by molar-refractivity contribution is -0.145. The van der Waals surface area contributed by atoms with Crippen molar-refractivity contribution in [2.24, 2.45) is 5.92 Å². The molecule has 1 saturated carbocycles. The van der Waals surface area contributed by atoms with Crippen LogP contribution in [0.15, 0.2) is 0 Å². The summed E-state index contributed by atoms with van der Waals surface area (Å²) in [5.41, 5.74) is 0. The second kappa shape index (κ2) is 7.20. The molecule has 0 aromatic carbocycles. The molecule has 1 rings (SSSR count). The van der Waals surface area contributed by atoms with Crippen LogP contribution in [0.2, 0.25) is 0 Å². The molecule has 0 amide bonds. The van der Waals surface area contributed by atoms with Crippen LogP contribution < -0.4 is 0 Å². The van der Waals surface area contributed by atoms with Gasteiger partial charge in [0.1, 0.15) is 0 Å². The summed E-state index contributed by atoms with van der Waals surface area (Å²) in [4.78, 5) is 0. The van der Waals surface area contributed by atoms with Crippen LogP contribution in [0, 0.1) is 5.92 Å². The number of aliphatic hydroxyl groups excluding tert-OH is 2. The lowest BCUT2D eigenvalue weighted by Crippen LogP contribution is -2.29. The van der Waals surface area contributed by atoms with Gasteiger partial charge in [0.15, 0.2) is 6.29 Å². The summed E-state index contributed by atoms with van der Waals surface area (Å²) in [6.45, 7) is 2.81. The second-order valence-electron chi connectivity index (χ2n) is 4.54. The molecule has 0 aromatic heterocycles. The van der Waals surface area contributed by atoms with E-state index in [4.69, 9.17) is 4.74 Å². The van der Waals surface area contributed by atoms with Crippen LogP contribution >= 0.6 is 0 Å². The number of aliphatic hydroxyl groups is 2. The Hall–Kier alpha value is -0.120. The summed E-state index contributed by atoms with van der Waals surface area (Å²) < 4.78 is 5.39. The first kappa shape index (κ1) is 12.9. The van der Waals surface area contributed by atoms with Crippen LogP contribution in [0.4, 0.5) is 0 Å². The van der Waals surface area contributed by atoms with E-state index in [0.717, 1.165) is 38.5 Å². The van der Waals surface area contributed by atoms with Gasteiger partial charge in [-0.3, -0.25) is 0 Å². The number of rotatable bonds is 6. The van der Waals surface area contributed by atoms with Gasteiger partial charge in [-0.25, -0.2) is 0 Å². The van der Waals surface area contributed by atoms with Crippen LogP contribution in [0.5, 0.6) is 0 Å². The first-order valence-corrected chi connectivity index (χ1v) is 6.21. The molecule has 1 atom stereocenters. The minimum absolute atomic E-state index is 0.159. The van der Waals surface area contributed by atoms with E-state index in [9.17, 15) is 10.2 Å². The molecular weight excluding hydrogens is 192 g/mol. The highest BCUT2D eigenvalue weighted by atomic mass is 16.6. The van der Waals surface area contributed by atoms with Gasteiger partial charge in [-0.2, -0.15) is 0 Å². The average Bonchev–Trinajstić information content (AvgIpc) is 2.25. The van der Waals surface area contributed by atoms with Crippen LogP contribution in [0.3, 0.4) is 0 Å². The van der Waals surface area contributed by atoms with Gasteiger partial charge in [0, 0.05) is 12.5 Å². The maximum Gasteiger partial charge on any atom is 0.157 e. The van der Waals surface area contributed by atoms with E-state index in [2.05, 4.69) is 6.92 Å². The molecule has 3 heteroatoms. The molecule has 0 spiro atoms. The highest BCUT2D eigenvalue weighted by Gasteiger charge is 2.25. The number of hydrogen-bond acceptors (Lipinski definition) is 3. The predicted octanol–water partition coefficient (Wildman–Crippen LogP) is 2.06. The number of hydrogen-bond donors (Lipinski definition) is 2. The Morgan fingerprint density at radius 2 is 1.87 bits per heavy atom. The third-order valence-electron chi connectivity index (χ3n) is 3.18. The third-order valence-corrected chi connectivity index (χ3v) is 3.18. The van der Waals surface area contributed by atoms with Gasteiger partial charge in [0.05, 0.1) is 6.10 Å². The third kappa shape index (κ3) is 4.96. The molecule has 3 nitrogen and oxygen atoms in total. The van der Waals surface area contributed by atoms with Crippen molar-refractivity contribution in [1.29, 1.82) is 0 Å². The number of ether oxygens (including phenoxy) is 1. The van der Waals surface area contributed by atoms with Crippen molar-refractivity contribution in [1.82, 2.24) is 0 Å². The van der Waals surface area contributed by atoms with E-state index in [1.54, 1.807) is 0 Å². The standard InChI is InChI=1S/C12H24O3/c1-2-3-4-9-15-12(14)10-5-7-11(13)8-6-10/h10-14H,2-9H2,1H3. The fourth-order valence-corrected chi connectivity index (χ4v) is 2.08. The van der Waals surface area contributed by atoms with Crippen molar-refractivity contribution in [3.63, 3.8) is 0 Å². The van der Waals surface area contributed by atoms with Gasteiger partial charge in [-0.15, -0.1) is 0 Å². The Labute approximate surface area is 92.4 Å². The van der Waals surface area contributed by atoms with Crippen molar-refractivity contribution in [3.05, 3.63) is 0 Å². The Kier molecular flexibility index (Phi) is 6.22. The van der Waals surface area contributed by atoms with Crippen molar-refractivity contribution >= 4 is 0 Å². The van der Waals surface area contributed by atoms with Crippen molar-refractivity contribution in [2.45, 2.75) is 64.3 Å². The minimum Gasteiger partial charge on any atom is -0.393 e. The summed E-state index contributed by atoms with van der Waals surface area (Å²) in [6, 6.07) is 0. The van der Waals surface area contributed by atoms with E-state index in [1.165, 1.54) is 6.42 Å². The fraction of sp³-hybridized carbons (Fsp3) is 1.00. The average molecular weight is 216 g/mol. The van der Waals surface area contributed by atoms with Crippen LogP contribution in [0.25, 0.3) is 0 Å². The summed E-state index contributed by atoms with van der Waals surface area (Å²) in [5, 5.41) is 19.1. The Balaban J connectivity index is 2.08. The van der Waals surface area contributed by atoms with Gasteiger partial charge in [-0.05, 0) is 32.1 Å². The molecule has 15 heavy (non-hydrogen) atoms. The zero-order valence-corrected chi connectivity index (χ0v) is 9.69. The van der Waals surface area contributed by atoms with Crippen LogP contribution in [-0.2, 0) is 4.74 Å². The second-order valence-corrected chi connectivity index (χ2v) is 4.54. The molecule has 90 valence electrons.